The van der Waals surface area contributed by atoms with E-state index in [0.29, 0.717) is 19.5 Å². The number of fused-ring (bicyclic) bond motifs is 1. The maximum atomic E-state index is 12.3. The van der Waals surface area contributed by atoms with Crippen LogP contribution in [-0.4, -0.2) is 53.6 Å². The topological polar surface area (TPSA) is 98.7 Å². The number of carbonyl (C=O) groups excluding carboxylic acids is 2. The van der Waals surface area contributed by atoms with E-state index < -0.39 is 11.4 Å². The number of carboxylic acids is 1. The van der Waals surface area contributed by atoms with E-state index in [9.17, 15) is 19.5 Å². The van der Waals surface area contributed by atoms with Gasteiger partial charge < -0.3 is 20.6 Å². The van der Waals surface area contributed by atoms with Gasteiger partial charge in [0, 0.05) is 19.6 Å². The Hall–Kier alpha value is -1.79. The van der Waals surface area contributed by atoms with Crippen LogP contribution in [0.3, 0.4) is 0 Å². The predicted molar refractivity (Wildman–Crippen MR) is 75.7 cm³/mol. The van der Waals surface area contributed by atoms with Crippen LogP contribution in [0.15, 0.2) is 0 Å². The lowest BCUT2D eigenvalue weighted by Crippen LogP contribution is -2.54. The smallest absolute Gasteiger partial charge is 0.317 e. The Morgan fingerprint density at radius 1 is 1.52 bits per heavy atom. The van der Waals surface area contributed by atoms with Gasteiger partial charge in [-0.15, -0.1) is 0 Å². The van der Waals surface area contributed by atoms with Crippen molar-refractivity contribution in [3.05, 3.63) is 0 Å². The number of aliphatic carboxylic acids is 1. The molecule has 21 heavy (non-hydrogen) atoms. The highest BCUT2D eigenvalue weighted by Gasteiger charge is 2.43. The number of nitrogens with one attached hydrogen (secondary N) is 2. The van der Waals surface area contributed by atoms with Gasteiger partial charge in [0.05, 0.1) is 17.4 Å². The minimum Gasteiger partial charge on any atom is -0.481 e. The molecule has 3 atom stereocenters. The fraction of sp³-hybridized carbons (Fsp3) is 0.786. The van der Waals surface area contributed by atoms with Crippen LogP contribution in [0.4, 0.5) is 4.79 Å². The second-order valence-electron chi connectivity index (χ2n) is 6.13. The summed E-state index contributed by atoms with van der Waals surface area (Å²) >= 11 is 0. The molecule has 3 amide bonds. The maximum Gasteiger partial charge on any atom is 0.317 e. The van der Waals surface area contributed by atoms with E-state index in [4.69, 9.17) is 0 Å². The van der Waals surface area contributed by atoms with Crippen molar-refractivity contribution in [2.45, 2.75) is 39.2 Å². The molecule has 7 heteroatoms. The molecule has 0 aromatic rings. The molecule has 2 aliphatic rings. The Morgan fingerprint density at radius 2 is 2.24 bits per heavy atom. The van der Waals surface area contributed by atoms with Crippen molar-refractivity contribution in [3.63, 3.8) is 0 Å². The van der Waals surface area contributed by atoms with E-state index in [0.717, 1.165) is 12.8 Å². The van der Waals surface area contributed by atoms with Gasteiger partial charge in [-0.05, 0) is 26.2 Å². The van der Waals surface area contributed by atoms with Gasteiger partial charge in [0.2, 0.25) is 5.91 Å². The first-order valence-electron chi connectivity index (χ1n) is 7.44. The van der Waals surface area contributed by atoms with E-state index in [-0.39, 0.29) is 30.4 Å². The highest BCUT2D eigenvalue weighted by molar-refractivity contribution is 5.84. The summed E-state index contributed by atoms with van der Waals surface area (Å²) in [6, 6.07) is -0.383. The van der Waals surface area contributed by atoms with Crippen molar-refractivity contribution >= 4 is 17.9 Å². The van der Waals surface area contributed by atoms with Crippen LogP contribution >= 0.6 is 0 Å². The van der Waals surface area contributed by atoms with Gasteiger partial charge in [-0.1, -0.05) is 6.92 Å². The molecule has 2 saturated heterocycles. The van der Waals surface area contributed by atoms with Crippen molar-refractivity contribution in [3.8, 4) is 0 Å². The van der Waals surface area contributed by atoms with Crippen LogP contribution in [0, 0.1) is 11.3 Å². The highest BCUT2D eigenvalue weighted by atomic mass is 16.4. The van der Waals surface area contributed by atoms with E-state index >= 15 is 0 Å². The summed E-state index contributed by atoms with van der Waals surface area (Å²) in [5.41, 5.74) is -0.964. The molecule has 2 heterocycles. The number of rotatable bonds is 4. The monoisotopic (exact) mass is 297 g/mol. The normalized spacial score (nSPS) is 27.5. The second-order valence-corrected chi connectivity index (χ2v) is 6.13. The van der Waals surface area contributed by atoms with E-state index in [1.807, 2.05) is 0 Å². The first kappa shape index (κ1) is 15.6. The molecule has 0 radical (unpaired) electrons. The molecule has 2 aliphatic heterocycles. The summed E-state index contributed by atoms with van der Waals surface area (Å²) < 4.78 is 0. The Balaban J connectivity index is 1.97. The Kier molecular flexibility index (Phi) is 4.39. The average molecular weight is 297 g/mol. The van der Waals surface area contributed by atoms with Crippen molar-refractivity contribution in [2.24, 2.45) is 11.3 Å². The average Bonchev–Trinajstić information content (AvgIpc) is 2.86. The number of hydrogen-bond donors (Lipinski definition) is 3. The molecule has 3 unspecified atom stereocenters. The molecule has 2 rings (SSSR count). The summed E-state index contributed by atoms with van der Waals surface area (Å²) in [6.07, 6.45) is 2.04. The second kappa shape index (κ2) is 5.91. The zero-order valence-electron chi connectivity index (χ0n) is 12.5. The zero-order chi connectivity index (χ0) is 15.6. The van der Waals surface area contributed by atoms with Crippen LogP contribution in [0.5, 0.6) is 0 Å². The fourth-order valence-corrected chi connectivity index (χ4v) is 2.93. The van der Waals surface area contributed by atoms with Crippen molar-refractivity contribution in [1.29, 1.82) is 0 Å². The van der Waals surface area contributed by atoms with Crippen molar-refractivity contribution in [2.75, 3.05) is 19.6 Å². The SMILES string of the molecule is CCC(C)(CNC(=O)N1CCCC2C(=O)NCC21)C(=O)O. The summed E-state index contributed by atoms with van der Waals surface area (Å²) in [7, 11) is 0. The first-order chi connectivity index (χ1) is 9.89. The molecule has 0 spiro atoms. The zero-order valence-corrected chi connectivity index (χ0v) is 12.5. The van der Waals surface area contributed by atoms with E-state index in [1.165, 1.54) is 0 Å². The number of piperidine rings is 1. The van der Waals surface area contributed by atoms with E-state index in [1.54, 1.807) is 18.7 Å². The number of urea groups is 1. The van der Waals surface area contributed by atoms with Gasteiger partial charge in [-0.25, -0.2) is 4.79 Å². The summed E-state index contributed by atoms with van der Waals surface area (Å²) in [5, 5.41) is 14.7. The molecule has 7 nitrogen and oxygen atoms in total. The third-order valence-corrected chi connectivity index (χ3v) is 4.79. The number of carboxylic acid groups (broad SMARTS) is 1. The van der Waals surface area contributed by atoms with Gasteiger partial charge in [0.1, 0.15) is 0 Å². The fourth-order valence-electron chi connectivity index (χ4n) is 2.93. The van der Waals surface area contributed by atoms with Gasteiger partial charge in [-0.3, -0.25) is 9.59 Å². The Morgan fingerprint density at radius 3 is 2.86 bits per heavy atom. The van der Waals surface area contributed by atoms with Crippen LogP contribution in [0.2, 0.25) is 0 Å². The molecular weight excluding hydrogens is 274 g/mol. The third kappa shape index (κ3) is 2.96. The number of carbonyl (C=O) groups is 3. The number of hydrogen-bond acceptors (Lipinski definition) is 3. The minimum atomic E-state index is -0.964. The molecule has 0 aliphatic carbocycles. The standard InChI is InChI=1S/C14H23N3O4/c1-3-14(2,12(19)20)8-16-13(21)17-6-4-5-9-10(17)7-15-11(9)18/h9-10H,3-8H2,1-2H3,(H,15,18)(H,16,21)(H,19,20). The minimum absolute atomic E-state index is 0.0152. The summed E-state index contributed by atoms with van der Waals surface area (Å²) in [6.45, 7) is 4.59. The molecule has 0 aromatic heterocycles. The number of likely N-dealkylation sites (tertiary alicyclic amines) is 1. The molecule has 0 saturated carbocycles. The third-order valence-electron chi connectivity index (χ3n) is 4.79. The Labute approximate surface area is 124 Å². The molecule has 0 aromatic carbocycles. The predicted octanol–water partition coefficient (Wildman–Crippen LogP) is 0.407. The lowest BCUT2D eigenvalue weighted by Gasteiger charge is -2.36. The Bertz CT molecular complexity index is 454. The van der Waals surface area contributed by atoms with Gasteiger partial charge in [0.25, 0.3) is 0 Å². The molecule has 118 valence electrons. The van der Waals surface area contributed by atoms with Crippen LogP contribution in [0.1, 0.15) is 33.1 Å². The largest absolute Gasteiger partial charge is 0.481 e. The van der Waals surface area contributed by atoms with Crippen LogP contribution in [-0.2, 0) is 9.59 Å². The van der Waals surface area contributed by atoms with Gasteiger partial charge in [0.15, 0.2) is 0 Å². The molecular formula is C14H23N3O4. The van der Waals surface area contributed by atoms with Crippen molar-refractivity contribution < 1.29 is 19.5 Å². The highest BCUT2D eigenvalue weighted by Crippen LogP contribution is 2.27. The molecule has 3 N–H and O–H groups in total. The van der Waals surface area contributed by atoms with Crippen molar-refractivity contribution in [1.82, 2.24) is 15.5 Å². The maximum absolute atomic E-state index is 12.3. The number of nitrogens with zero attached hydrogens (tertiary/aromatic N) is 1. The molecule has 0 bridgehead atoms. The van der Waals surface area contributed by atoms with Crippen LogP contribution < -0.4 is 10.6 Å². The quantitative estimate of drug-likeness (QED) is 0.700. The number of amides is 3. The van der Waals surface area contributed by atoms with E-state index in [2.05, 4.69) is 10.6 Å². The molecule has 2 fully saturated rings. The lowest BCUT2D eigenvalue weighted by molar-refractivity contribution is -0.147. The lowest BCUT2D eigenvalue weighted by atomic mass is 9.87. The van der Waals surface area contributed by atoms with Crippen LogP contribution in [0.25, 0.3) is 0 Å². The van der Waals surface area contributed by atoms with Gasteiger partial charge >= 0.3 is 12.0 Å². The van der Waals surface area contributed by atoms with Gasteiger partial charge in [-0.2, -0.15) is 0 Å². The summed E-state index contributed by atoms with van der Waals surface area (Å²) in [5.74, 6) is -1.03. The first-order valence-corrected chi connectivity index (χ1v) is 7.44. The summed E-state index contributed by atoms with van der Waals surface area (Å²) in [4.78, 5) is 36.9.